The quantitative estimate of drug-likeness (QED) is 0.821. The Morgan fingerprint density at radius 1 is 1.00 bits per heavy atom. The molecule has 2 aromatic rings. The molecule has 2 aliphatic carbocycles. The second-order valence-electron chi connectivity index (χ2n) is 7.61. The summed E-state index contributed by atoms with van der Waals surface area (Å²) in [5.41, 5.74) is -0.384. The summed E-state index contributed by atoms with van der Waals surface area (Å²) in [5, 5.41) is 12.7. The van der Waals surface area contributed by atoms with Gasteiger partial charge in [0.2, 0.25) is 5.43 Å². The number of hydrogen-bond donors (Lipinski definition) is 2. The molecule has 140 valence electrons. The average Bonchev–Trinajstić information content (AvgIpc) is 3.17. The van der Waals surface area contributed by atoms with Crippen LogP contribution >= 0.6 is 0 Å². The third kappa shape index (κ3) is 2.95. The van der Waals surface area contributed by atoms with Gasteiger partial charge in [-0.05, 0) is 31.7 Å². The fraction of sp³-hybridized carbons (Fsp3) is 0.550. The second-order valence-corrected chi connectivity index (χ2v) is 7.61. The number of fused-ring (bicyclic) bond motifs is 1. The Morgan fingerprint density at radius 3 is 2.35 bits per heavy atom. The van der Waals surface area contributed by atoms with Crippen molar-refractivity contribution in [1.29, 1.82) is 0 Å². The van der Waals surface area contributed by atoms with Crippen molar-refractivity contribution in [3.8, 4) is 5.75 Å². The number of pyridine rings is 1. The van der Waals surface area contributed by atoms with Crippen LogP contribution in [0.25, 0.3) is 10.9 Å². The molecular formula is C20H24F2N2O2. The van der Waals surface area contributed by atoms with Crippen molar-refractivity contribution in [3.05, 3.63) is 34.1 Å². The Hall–Kier alpha value is -2.11. The highest BCUT2D eigenvalue weighted by Gasteiger charge is 2.25. The highest BCUT2D eigenvalue weighted by Crippen LogP contribution is 2.35. The number of aromatic nitrogens is 1. The predicted molar refractivity (Wildman–Crippen MR) is 97.8 cm³/mol. The number of aromatic hydroxyl groups is 1. The van der Waals surface area contributed by atoms with Crippen molar-refractivity contribution in [2.24, 2.45) is 0 Å². The van der Waals surface area contributed by atoms with Crippen LogP contribution in [0.5, 0.6) is 5.75 Å². The highest BCUT2D eigenvalue weighted by atomic mass is 19.2. The summed E-state index contributed by atoms with van der Waals surface area (Å²) in [6, 6.07) is 1.76. The van der Waals surface area contributed by atoms with Crippen molar-refractivity contribution in [1.82, 2.24) is 4.57 Å². The average molecular weight is 362 g/mol. The van der Waals surface area contributed by atoms with E-state index in [9.17, 15) is 18.7 Å². The minimum Gasteiger partial charge on any atom is -0.503 e. The number of rotatable bonds is 3. The molecule has 2 N–H and O–H groups in total. The van der Waals surface area contributed by atoms with Gasteiger partial charge in [-0.25, -0.2) is 8.78 Å². The number of anilines is 1. The number of nitrogens with zero attached hydrogens (tertiary/aromatic N) is 1. The first-order valence-electron chi connectivity index (χ1n) is 9.58. The van der Waals surface area contributed by atoms with Crippen LogP contribution in [-0.2, 0) is 0 Å². The van der Waals surface area contributed by atoms with E-state index in [1.807, 2.05) is 0 Å². The first-order valence-corrected chi connectivity index (χ1v) is 9.58. The lowest BCUT2D eigenvalue weighted by Gasteiger charge is -2.25. The molecule has 4 nitrogen and oxygen atoms in total. The van der Waals surface area contributed by atoms with Crippen molar-refractivity contribution in [2.75, 3.05) is 5.32 Å². The predicted octanol–water partition coefficient (Wildman–Crippen LogP) is 4.85. The fourth-order valence-electron chi connectivity index (χ4n) is 4.48. The zero-order chi connectivity index (χ0) is 18.3. The van der Waals surface area contributed by atoms with E-state index in [-0.39, 0.29) is 23.2 Å². The molecule has 6 heteroatoms. The van der Waals surface area contributed by atoms with E-state index < -0.39 is 22.8 Å². The summed E-state index contributed by atoms with van der Waals surface area (Å²) in [5.74, 6) is -2.74. The van der Waals surface area contributed by atoms with Gasteiger partial charge in [-0.2, -0.15) is 0 Å². The molecule has 0 aliphatic heterocycles. The van der Waals surface area contributed by atoms with Crippen LogP contribution < -0.4 is 10.7 Å². The lowest BCUT2D eigenvalue weighted by Crippen LogP contribution is -2.23. The maximum Gasteiger partial charge on any atom is 0.234 e. The van der Waals surface area contributed by atoms with E-state index in [4.69, 9.17) is 0 Å². The molecule has 2 aliphatic rings. The summed E-state index contributed by atoms with van der Waals surface area (Å²) in [7, 11) is 0. The Labute approximate surface area is 150 Å². The first kappa shape index (κ1) is 17.3. The molecule has 2 fully saturated rings. The van der Waals surface area contributed by atoms with Crippen molar-refractivity contribution in [2.45, 2.75) is 69.9 Å². The summed E-state index contributed by atoms with van der Waals surface area (Å²) < 4.78 is 31.2. The minimum atomic E-state index is -1.17. The van der Waals surface area contributed by atoms with Crippen LogP contribution in [0.3, 0.4) is 0 Å². The molecule has 2 saturated carbocycles. The van der Waals surface area contributed by atoms with E-state index in [2.05, 4.69) is 5.32 Å². The maximum atomic E-state index is 14.8. The zero-order valence-electron chi connectivity index (χ0n) is 14.7. The van der Waals surface area contributed by atoms with Crippen LogP contribution in [0.15, 0.2) is 17.1 Å². The molecule has 1 aromatic heterocycles. The van der Waals surface area contributed by atoms with Crippen LogP contribution in [0.2, 0.25) is 0 Å². The van der Waals surface area contributed by atoms with Gasteiger partial charge in [0.05, 0.1) is 22.8 Å². The van der Waals surface area contributed by atoms with Crippen LogP contribution in [0.4, 0.5) is 14.5 Å². The molecule has 0 unspecified atom stereocenters. The molecule has 4 rings (SSSR count). The lowest BCUT2D eigenvalue weighted by atomic mass is 9.95. The molecule has 26 heavy (non-hydrogen) atoms. The van der Waals surface area contributed by atoms with Crippen LogP contribution in [0.1, 0.15) is 63.8 Å². The van der Waals surface area contributed by atoms with E-state index >= 15 is 0 Å². The van der Waals surface area contributed by atoms with E-state index in [0.29, 0.717) is 5.52 Å². The molecule has 1 heterocycles. The Kier molecular flexibility index (Phi) is 4.59. The van der Waals surface area contributed by atoms with Gasteiger partial charge in [0.25, 0.3) is 0 Å². The zero-order valence-corrected chi connectivity index (χ0v) is 14.7. The number of hydrogen-bond acceptors (Lipinski definition) is 3. The standard InChI is InChI=1S/C20H24F2N2O2/c21-18-14(23-12-6-2-1-3-7-12)10-15-17(19(18)22)20(26)16(25)11-24(15)13-8-4-5-9-13/h10-13,23,25H,1-9H2. The molecule has 0 amide bonds. The summed E-state index contributed by atoms with van der Waals surface area (Å²) in [6.45, 7) is 0. The SMILES string of the molecule is O=c1c(O)cn(C2CCCC2)c2cc(NC3CCCCC3)c(F)c(F)c12. The lowest BCUT2D eigenvalue weighted by molar-refractivity contribution is 0.448. The van der Waals surface area contributed by atoms with Gasteiger partial charge >= 0.3 is 0 Å². The van der Waals surface area contributed by atoms with Gasteiger partial charge in [0, 0.05) is 12.1 Å². The molecule has 1 aromatic carbocycles. The van der Waals surface area contributed by atoms with E-state index in [0.717, 1.165) is 51.4 Å². The number of halogens is 2. The van der Waals surface area contributed by atoms with Crippen molar-refractivity contribution < 1.29 is 13.9 Å². The Balaban J connectivity index is 1.86. The minimum absolute atomic E-state index is 0.0939. The van der Waals surface area contributed by atoms with Gasteiger partial charge in [-0.3, -0.25) is 4.79 Å². The highest BCUT2D eigenvalue weighted by molar-refractivity contribution is 5.85. The third-order valence-electron chi connectivity index (χ3n) is 5.87. The largest absolute Gasteiger partial charge is 0.503 e. The molecule has 0 radical (unpaired) electrons. The van der Waals surface area contributed by atoms with E-state index in [1.54, 1.807) is 10.6 Å². The van der Waals surface area contributed by atoms with Crippen molar-refractivity contribution >= 4 is 16.6 Å². The fourth-order valence-corrected chi connectivity index (χ4v) is 4.48. The van der Waals surface area contributed by atoms with Crippen LogP contribution in [0, 0.1) is 11.6 Å². The third-order valence-corrected chi connectivity index (χ3v) is 5.87. The molecule has 0 atom stereocenters. The second kappa shape index (κ2) is 6.89. The Bertz CT molecular complexity index is 882. The van der Waals surface area contributed by atoms with Gasteiger partial charge in [0.15, 0.2) is 17.4 Å². The summed E-state index contributed by atoms with van der Waals surface area (Å²) in [6.07, 6.45) is 10.5. The van der Waals surface area contributed by atoms with Crippen molar-refractivity contribution in [3.63, 3.8) is 0 Å². The van der Waals surface area contributed by atoms with E-state index in [1.165, 1.54) is 12.6 Å². The molecular weight excluding hydrogens is 338 g/mol. The summed E-state index contributed by atoms with van der Waals surface area (Å²) >= 11 is 0. The maximum absolute atomic E-state index is 14.8. The van der Waals surface area contributed by atoms with Gasteiger partial charge < -0.3 is 15.0 Å². The molecule has 0 spiro atoms. The smallest absolute Gasteiger partial charge is 0.234 e. The Morgan fingerprint density at radius 2 is 1.65 bits per heavy atom. The van der Waals surface area contributed by atoms with Gasteiger partial charge in [0.1, 0.15) is 0 Å². The first-order chi connectivity index (χ1) is 12.6. The number of nitrogens with one attached hydrogen (secondary N) is 1. The number of benzene rings is 1. The van der Waals surface area contributed by atoms with Crippen LogP contribution in [-0.4, -0.2) is 15.7 Å². The van der Waals surface area contributed by atoms with Gasteiger partial charge in [-0.15, -0.1) is 0 Å². The molecule has 0 saturated heterocycles. The molecule has 0 bridgehead atoms. The normalized spacial score (nSPS) is 19.3. The van der Waals surface area contributed by atoms with Gasteiger partial charge in [-0.1, -0.05) is 32.1 Å². The monoisotopic (exact) mass is 362 g/mol. The summed E-state index contributed by atoms with van der Waals surface area (Å²) in [4.78, 5) is 12.3. The topological polar surface area (TPSA) is 54.3 Å².